The highest BCUT2D eigenvalue weighted by molar-refractivity contribution is 5.75. The molecule has 0 aromatic heterocycles. The van der Waals surface area contributed by atoms with Crippen molar-refractivity contribution in [2.24, 2.45) is 0 Å². The molecule has 1 aliphatic rings. The van der Waals surface area contributed by atoms with Crippen molar-refractivity contribution in [1.29, 1.82) is 0 Å². The molecule has 0 saturated heterocycles. The number of hydrogen-bond acceptors (Lipinski definition) is 3. The van der Waals surface area contributed by atoms with Gasteiger partial charge >= 0.3 is 5.97 Å². The lowest BCUT2D eigenvalue weighted by molar-refractivity contribution is -0.157. The molecule has 1 atom stereocenters. The van der Waals surface area contributed by atoms with Gasteiger partial charge in [0, 0.05) is 6.42 Å². The number of rotatable bonds is 4. The van der Waals surface area contributed by atoms with Crippen LogP contribution >= 0.6 is 0 Å². The van der Waals surface area contributed by atoms with Gasteiger partial charge in [0.25, 0.3) is 0 Å². The summed E-state index contributed by atoms with van der Waals surface area (Å²) in [5.41, 5.74) is 2.48. The first-order valence-corrected chi connectivity index (χ1v) is 5.58. The van der Waals surface area contributed by atoms with Gasteiger partial charge in [0.2, 0.25) is 0 Å². The molecule has 3 heteroatoms. The Morgan fingerprint density at radius 1 is 1.47 bits per heavy atom. The summed E-state index contributed by atoms with van der Waals surface area (Å²) in [7, 11) is 0. The molecule has 3 nitrogen and oxygen atoms in total. The number of hydrogen-bond donors (Lipinski definition) is 0. The smallest absolute Gasteiger partial charge is 0.335 e. The van der Waals surface area contributed by atoms with E-state index in [1.54, 1.807) is 0 Å². The highest BCUT2D eigenvalue weighted by Gasteiger charge is 2.25. The summed E-state index contributed by atoms with van der Waals surface area (Å²) in [6.07, 6.45) is 2.26. The van der Waals surface area contributed by atoms with Crippen LogP contribution in [0.1, 0.15) is 40.0 Å². The van der Waals surface area contributed by atoms with E-state index in [2.05, 4.69) is 6.92 Å². The summed E-state index contributed by atoms with van der Waals surface area (Å²) in [4.78, 5) is 11.6. The highest BCUT2D eigenvalue weighted by Crippen LogP contribution is 2.20. The summed E-state index contributed by atoms with van der Waals surface area (Å²) in [5.74, 6) is -0.213. The minimum Gasteiger partial charge on any atom is -0.464 e. The fourth-order valence-corrected chi connectivity index (χ4v) is 1.42. The lowest BCUT2D eigenvalue weighted by Crippen LogP contribution is -2.31. The van der Waals surface area contributed by atoms with Crippen LogP contribution in [0, 0.1) is 0 Å². The molecular weight excluding hydrogens is 192 g/mol. The SMILES string of the molecule is CCCCOC(=O)[C@@H]1CC(C)=C(C)CO1. The summed E-state index contributed by atoms with van der Waals surface area (Å²) < 4.78 is 10.5. The molecule has 0 amide bonds. The summed E-state index contributed by atoms with van der Waals surface area (Å²) in [5, 5.41) is 0. The van der Waals surface area contributed by atoms with Crippen LogP contribution in [0.5, 0.6) is 0 Å². The van der Waals surface area contributed by atoms with Crippen molar-refractivity contribution in [3.8, 4) is 0 Å². The lowest BCUT2D eigenvalue weighted by atomic mass is 10.0. The van der Waals surface area contributed by atoms with Crippen molar-refractivity contribution in [3.05, 3.63) is 11.1 Å². The molecule has 0 bridgehead atoms. The maximum absolute atomic E-state index is 11.6. The monoisotopic (exact) mass is 212 g/mol. The van der Waals surface area contributed by atoms with Crippen LogP contribution in [0.15, 0.2) is 11.1 Å². The Kier molecular flexibility index (Phi) is 4.82. The van der Waals surface area contributed by atoms with Gasteiger partial charge in [-0.05, 0) is 25.8 Å². The van der Waals surface area contributed by atoms with Gasteiger partial charge in [0.05, 0.1) is 13.2 Å². The zero-order chi connectivity index (χ0) is 11.3. The number of carbonyl (C=O) groups is 1. The highest BCUT2D eigenvalue weighted by atomic mass is 16.6. The first-order valence-electron chi connectivity index (χ1n) is 5.58. The van der Waals surface area contributed by atoms with Crippen molar-refractivity contribution in [3.63, 3.8) is 0 Å². The van der Waals surface area contributed by atoms with Crippen LogP contribution in [0.2, 0.25) is 0 Å². The van der Waals surface area contributed by atoms with Crippen molar-refractivity contribution in [2.45, 2.75) is 46.1 Å². The molecule has 1 heterocycles. The first kappa shape index (κ1) is 12.2. The standard InChI is InChI=1S/C12H20O3/c1-4-5-6-14-12(13)11-7-9(2)10(3)8-15-11/h11H,4-8H2,1-3H3/t11-/m0/s1. The van der Waals surface area contributed by atoms with Crippen LogP contribution in [0.3, 0.4) is 0 Å². The topological polar surface area (TPSA) is 35.5 Å². The van der Waals surface area contributed by atoms with Crippen molar-refractivity contribution in [1.82, 2.24) is 0 Å². The average molecular weight is 212 g/mol. The third-order valence-electron chi connectivity index (χ3n) is 2.73. The van der Waals surface area contributed by atoms with E-state index in [9.17, 15) is 4.79 Å². The van der Waals surface area contributed by atoms with E-state index < -0.39 is 0 Å². The molecule has 0 aromatic carbocycles. The van der Waals surface area contributed by atoms with Crippen molar-refractivity contribution < 1.29 is 14.3 Å². The average Bonchev–Trinajstić information content (AvgIpc) is 2.22. The van der Waals surface area contributed by atoms with E-state index in [1.165, 1.54) is 11.1 Å². The van der Waals surface area contributed by atoms with Gasteiger partial charge in [-0.2, -0.15) is 0 Å². The molecule has 0 saturated carbocycles. The van der Waals surface area contributed by atoms with Crippen molar-refractivity contribution in [2.75, 3.05) is 13.2 Å². The Labute approximate surface area is 91.4 Å². The number of unbranched alkanes of at least 4 members (excludes halogenated alkanes) is 1. The van der Waals surface area contributed by atoms with Gasteiger partial charge < -0.3 is 9.47 Å². The van der Waals surface area contributed by atoms with Gasteiger partial charge in [-0.3, -0.25) is 0 Å². The van der Waals surface area contributed by atoms with Gasteiger partial charge in [0.15, 0.2) is 6.10 Å². The fourth-order valence-electron chi connectivity index (χ4n) is 1.42. The van der Waals surface area contributed by atoms with Crippen LogP contribution in [-0.2, 0) is 14.3 Å². The molecule has 0 unspecified atom stereocenters. The minimum absolute atomic E-state index is 0.213. The second kappa shape index (κ2) is 5.91. The zero-order valence-electron chi connectivity index (χ0n) is 9.84. The van der Waals surface area contributed by atoms with Crippen LogP contribution in [0.4, 0.5) is 0 Å². The van der Waals surface area contributed by atoms with E-state index in [0.717, 1.165) is 12.8 Å². The van der Waals surface area contributed by atoms with E-state index >= 15 is 0 Å². The largest absolute Gasteiger partial charge is 0.464 e. The van der Waals surface area contributed by atoms with Gasteiger partial charge in [0.1, 0.15) is 0 Å². The van der Waals surface area contributed by atoms with Gasteiger partial charge in [-0.15, -0.1) is 0 Å². The molecule has 0 aromatic rings. The molecule has 0 spiro atoms. The van der Waals surface area contributed by atoms with Crippen LogP contribution in [0.25, 0.3) is 0 Å². The molecule has 0 fully saturated rings. The molecule has 1 aliphatic heterocycles. The Hall–Kier alpha value is -0.830. The number of ether oxygens (including phenoxy) is 2. The summed E-state index contributed by atoms with van der Waals surface area (Å²) in [6, 6.07) is 0. The van der Waals surface area contributed by atoms with Crippen LogP contribution < -0.4 is 0 Å². The predicted molar refractivity (Wildman–Crippen MR) is 58.6 cm³/mol. The second-order valence-corrected chi connectivity index (χ2v) is 4.09. The summed E-state index contributed by atoms with van der Waals surface area (Å²) in [6.45, 7) is 7.22. The zero-order valence-corrected chi connectivity index (χ0v) is 9.84. The predicted octanol–water partition coefficient (Wildman–Crippen LogP) is 2.46. The molecule has 86 valence electrons. The van der Waals surface area contributed by atoms with Crippen molar-refractivity contribution >= 4 is 5.97 Å². The van der Waals surface area contributed by atoms with Gasteiger partial charge in [-0.1, -0.05) is 18.9 Å². The molecular formula is C12H20O3. The molecule has 1 rings (SSSR count). The Morgan fingerprint density at radius 2 is 2.20 bits per heavy atom. The quantitative estimate of drug-likeness (QED) is 0.408. The third kappa shape index (κ3) is 3.67. The molecule has 0 radical (unpaired) electrons. The second-order valence-electron chi connectivity index (χ2n) is 4.09. The Morgan fingerprint density at radius 3 is 2.80 bits per heavy atom. The maximum atomic E-state index is 11.6. The Bertz CT molecular complexity index is 256. The van der Waals surface area contributed by atoms with E-state index in [1.807, 2.05) is 13.8 Å². The number of esters is 1. The first-order chi connectivity index (χ1) is 7.15. The maximum Gasteiger partial charge on any atom is 0.335 e. The summed E-state index contributed by atoms with van der Waals surface area (Å²) >= 11 is 0. The van der Waals surface area contributed by atoms with Gasteiger partial charge in [-0.25, -0.2) is 4.79 Å². The van der Waals surface area contributed by atoms with Crippen LogP contribution in [-0.4, -0.2) is 25.3 Å². The van der Waals surface area contributed by atoms with E-state index in [-0.39, 0.29) is 12.1 Å². The molecule has 15 heavy (non-hydrogen) atoms. The normalized spacial score (nSPS) is 21.7. The lowest BCUT2D eigenvalue weighted by Gasteiger charge is -2.23. The van der Waals surface area contributed by atoms with E-state index in [4.69, 9.17) is 9.47 Å². The fraction of sp³-hybridized carbons (Fsp3) is 0.750. The minimum atomic E-state index is -0.384. The van der Waals surface area contributed by atoms with E-state index in [0.29, 0.717) is 19.6 Å². The number of carbonyl (C=O) groups excluding carboxylic acids is 1. The molecule has 0 N–H and O–H groups in total. The molecule has 0 aliphatic carbocycles. The third-order valence-corrected chi connectivity index (χ3v) is 2.73. The Balaban J connectivity index is 2.36.